The van der Waals surface area contributed by atoms with Crippen molar-refractivity contribution < 1.29 is 20.1 Å². The molecule has 1 unspecified atom stereocenters. The topological polar surface area (TPSA) is 89.8 Å². The summed E-state index contributed by atoms with van der Waals surface area (Å²) in [5.41, 5.74) is -0.854. The first kappa shape index (κ1) is 11.4. The Labute approximate surface area is 82.7 Å². The second-order valence-corrected chi connectivity index (χ2v) is 3.88. The van der Waals surface area contributed by atoms with Crippen molar-refractivity contribution in [3.63, 3.8) is 0 Å². The zero-order chi connectivity index (χ0) is 10.6. The molecule has 1 aliphatic rings. The number of carboxylic acid groups (broad SMARTS) is 1. The summed E-state index contributed by atoms with van der Waals surface area (Å²) in [4.78, 5) is 11.1. The lowest BCUT2D eigenvalue weighted by atomic mass is 9.75. The summed E-state index contributed by atoms with van der Waals surface area (Å²) in [5.74, 6) is -0.869. The minimum atomic E-state index is -0.927. The number of carboxylic acids is 1. The highest BCUT2D eigenvalue weighted by Gasteiger charge is 2.40. The summed E-state index contributed by atoms with van der Waals surface area (Å²) in [6, 6.07) is 0. The minimum Gasteiger partial charge on any atom is -0.481 e. The Morgan fingerprint density at radius 1 is 1.43 bits per heavy atom. The van der Waals surface area contributed by atoms with E-state index in [0.29, 0.717) is 25.9 Å². The van der Waals surface area contributed by atoms with E-state index >= 15 is 0 Å². The number of aliphatic hydroxyl groups is 2. The SMILES string of the molecule is O=C(O)C1(CC(O)CO)CCNCC1. The van der Waals surface area contributed by atoms with Gasteiger partial charge in [-0.3, -0.25) is 4.79 Å². The van der Waals surface area contributed by atoms with E-state index in [9.17, 15) is 9.90 Å². The van der Waals surface area contributed by atoms with Crippen molar-refractivity contribution in [2.45, 2.75) is 25.4 Å². The summed E-state index contributed by atoms with van der Waals surface area (Å²) in [6.07, 6.45) is 0.239. The van der Waals surface area contributed by atoms with Gasteiger partial charge in [0, 0.05) is 0 Å². The van der Waals surface area contributed by atoms with Crippen LogP contribution in [0.1, 0.15) is 19.3 Å². The fourth-order valence-corrected chi connectivity index (χ4v) is 1.93. The molecule has 14 heavy (non-hydrogen) atoms. The van der Waals surface area contributed by atoms with Crippen LogP contribution in [0.5, 0.6) is 0 Å². The zero-order valence-corrected chi connectivity index (χ0v) is 8.07. The molecule has 1 saturated heterocycles. The van der Waals surface area contributed by atoms with Crippen molar-refractivity contribution in [2.75, 3.05) is 19.7 Å². The zero-order valence-electron chi connectivity index (χ0n) is 8.07. The Hall–Kier alpha value is -0.650. The maximum Gasteiger partial charge on any atom is 0.309 e. The van der Waals surface area contributed by atoms with E-state index in [2.05, 4.69) is 5.32 Å². The van der Waals surface area contributed by atoms with Crippen molar-refractivity contribution in [1.82, 2.24) is 5.32 Å². The van der Waals surface area contributed by atoms with Crippen molar-refractivity contribution in [3.8, 4) is 0 Å². The first-order chi connectivity index (χ1) is 6.60. The Morgan fingerprint density at radius 2 is 2.00 bits per heavy atom. The van der Waals surface area contributed by atoms with Gasteiger partial charge in [-0.1, -0.05) is 0 Å². The summed E-state index contributed by atoms with van der Waals surface area (Å²) >= 11 is 0. The van der Waals surface area contributed by atoms with E-state index in [1.807, 2.05) is 0 Å². The smallest absolute Gasteiger partial charge is 0.309 e. The average Bonchev–Trinajstić information content (AvgIpc) is 2.19. The van der Waals surface area contributed by atoms with E-state index in [1.54, 1.807) is 0 Å². The molecule has 5 heteroatoms. The van der Waals surface area contributed by atoms with Gasteiger partial charge >= 0.3 is 5.97 Å². The lowest BCUT2D eigenvalue weighted by Gasteiger charge is -2.34. The molecule has 1 aliphatic heterocycles. The predicted molar refractivity (Wildman–Crippen MR) is 49.9 cm³/mol. The van der Waals surface area contributed by atoms with Gasteiger partial charge in [0.15, 0.2) is 0 Å². The number of aliphatic hydroxyl groups excluding tert-OH is 2. The molecule has 1 atom stereocenters. The van der Waals surface area contributed by atoms with E-state index in [0.717, 1.165) is 0 Å². The lowest BCUT2D eigenvalue weighted by molar-refractivity contribution is -0.153. The first-order valence-electron chi connectivity index (χ1n) is 4.84. The Kier molecular flexibility index (Phi) is 3.86. The third-order valence-electron chi connectivity index (χ3n) is 2.85. The van der Waals surface area contributed by atoms with Crippen LogP contribution in [0.2, 0.25) is 0 Å². The van der Waals surface area contributed by atoms with Crippen LogP contribution in [0, 0.1) is 5.41 Å². The van der Waals surface area contributed by atoms with E-state index in [-0.39, 0.29) is 13.0 Å². The van der Waals surface area contributed by atoms with Gasteiger partial charge in [-0.2, -0.15) is 0 Å². The number of hydrogen-bond donors (Lipinski definition) is 4. The molecule has 1 heterocycles. The van der Waals surface area contributed by atoms with Gasteiger partial charge in [0.25, 0.3) is 0 Å². The van der Waals surface area contributed by atoms with Gasteiger partial charge in [0.05, 0.1) is 18.1 Å². The second-order valence-electron chi connectivity index (χ2n) is 3.88. The van der Waals surface area contributed by atoms with Crippen LogP contribution in [-0.4, -0.2) is 47.1 Å². The van der Waals surface area contributed by atoms with Crippen LogP contribution < -0.4 is 5.32 Å². The van der Waals surface area contributed by atoms with Crippen molar-refractivity contribution >= 4 is 5.97 Å². The monoisotopic (exact) mass is 203 g/mol. The van der Waals surface area contributed by atoms with Crippen LogP contribution >= 0.6 is 0 Å². The first-order valence-corrected chi connectivity index (χ1v) is 4.84. The van der Waals surface area contributed by atoms with Gasteiger partial charge in [-0.05, 0) is 32.4 Å². The minimum absolute atomic E-state index is 0.139. The fourth-order valence-electron chi connectivity index (χ4n) is 1.93. The van der Waals surface area contributed by atoms with Gasteiger partial charge < -0.3 is 20.6 Å². The van der Waals surface area contributed by atoms with E-state index in [4.69, 9.17) is 10.2 Å². The summed E-state index contributed by atoms with van der Waals surface area (Å²) < 4.78 is 0. The summed E-state index contributed by atoms with van der Waals surface area (Å²) in [7, 11) is 0. The van der Waals surface area contributed by atoms with Gasteiger partial charge in [-0.15, -0.1) is 0 Å². The number of hydrogen-bond acceptors (Lipinski definition) is 4. The van der Waals surface area contributed by atoms with Gasteiger partial charge in [0.1, 0.15) is 0 Å². The van der Waals surface area contributed by atoms with Crippen LogP contribution in [0.4, 0.5) is 0 Å². The summed E-state index contributed by atoms with van der Waals surface area (Å²) in [6.45, 7) is 0.942. The third kappa shape index (κ3) is 2.43. The van der Waals surface area contributed by atoms with Crippen molar-refractivity contribution in [2.24, 2.45) is 5.41 Å². The highest BCUT2D eigenvalue weighted by molar-refractivity contribution is 5.74. The Morgan fingerprint density at radius 3 is 2.43 bits per heavy atom. The molecular formula is C9H17NO4. The normalized spacial score (nSPS) is 23.0. The summed E-state index contributed by atoms with van der Waals surface area (Å²) in [5, 5.41) is 30.2. The number of aliphatic carboxylic acids is 1. The molecule has 1 rings (SSSR count). The maximum atomic E-state index is 11.1. The molecule has 0 saturated carbocycles. The molecule has 0 aliphatic carbocycles. The quantitative estimate of drug-likeness (QED) is 0.479. The highest BCUT2D eigenvalue weighted by Crippen LogP contribution is 2.34. The average molecular weight is 203 g/mol. The molecule has 0 radical (unpaired) electrons. The molecule has 4 N–H and O–H groups in total. The van der Waals surface area contributed by atoms with Gasteiger partial charge in [-0.25, -0.2) is 0 Å². The molecule has 82 valence electrons. The number of carbonyl (C=O) groups is 1. The highest BCUT2D eigenvalue weighted by atomic mass is 16.4. The van der Waals surface area contributed by atoms with Crippen LogP contribution in [0.25, 0.3) is 0 Å². The predicted octanol–water partition coefficient (Wildman–Crippen LogP) is -0.816. The van der Waals surface area contributed by atoms with Crippen LogP contribution in [0.15, 0.2) is 0 Å². The van der Waals surface area contributed by atoms with E-state index in [1.165, 1.54) is 0 Å². The molecule has 0 spiro atoms. The Bertz CT molecular complexity index is 201. The third-order valence-corrected chi connectivity index (χ3v) is 2.85. The Balaban J connectivity index is 2.65. The number of piperidine rings is 1. The molecule has 1 fully saturated rings. The van der Waals surface area contributed by atoms with Crippen molar-refractivity contribution in [1.29, 1.82) is 0 Å². The number of nitrogens with one attached hydrogen (secondary N) is 1. The van der Waals surface area contributed by atoms with Gasteiger partial charge in [0.2, 0.25) is 0 Å². The van der Waals surface area contributed by atoms with E-state index < -0.39 is 17.5 Å². The number of rotatable bonds is 4. The molecule has 0 aromatic carbocycles. The molecule has 0 aromatic rings. The molecule has 0 aromatic heterocycles. The largest absolute Gasteiger partial charge is 0.481 e. The fraction of sp³-hybridized carbons (Fsp3) is 0.889. The maximum absolute atomic E-state index is 11.1. The van der Waals surface area contributed by atoms with Crippen LogP contribution in [0.3, 0.4) is 0 Å². The lowest BCUT2D eigenvalue weighted by Crippen LogP contribution is -2.44. The standard InChI is InChI=1S/C9H17NO4/c11-6-7(12)5-9(8(13)14)1-3-10-4-2-9/h7,10-12H,1-6H2,(H,13,14). The molecule has 5 nitrogen and oxygen atoms in total. The second kappa shape index (κ2) is 4.72. The molecule has 0 bridgehead atoms. The molecule has 0 amide bonds. The van der Waals surface area contributed by atoms with Crippen LogP contribution in [-0.2, 0) is 4.79 Å². The molecular weight excluding hydrogens is 186 g/mol. The van der Waals surface area contributed by atoms with Crippen molar-refractivity contribution in [3.05, 3.63) is 0 Å².